The molecule has 0 aliphatic carbocycles. The Morgan fingerprint density at radius 2 is 2.27 bits per heavy atom. The Morgan fingerprint density at radius 1 is 1.45 bits per heavy atom. The summed E-state index contributed by atoms with van der Waals surface area (Å²) < 4.78 is 0. The molecule has 3 nitrogen and oxygen atoms in total. The van der Waals surface area contributed by atoms with Crippen LogP contribution in [0.15, 0.2) is 0 Å². The van der Waals surface area contributed by atoms with Crippen molar-refractivity contribution in [3.63, 3.8) is 0 Å². The number of amides is 1. The Bertz CT molecular complexity index is 128. The molecule has 0 atom stereocenters. The summed E-state index contributed by atoms with van der Waals surface area (Å²) in [4.78, 5) is 13.1. The van der Waals surface area contributed by atoms with Crippen molar-refractivity contribution in [2.45, 2.75) is 19.8 Å². The molecule has 1 radical (unpaired) electrons. The molecular weight excluding hydrogens is 140 g/mol. The molecule has 0 aromatic heterocycles. The van der Waals surface area contributed by atoms with Crippen LogP contribution in [0.1, 0.15) is 19.8 Å². The van der Waals surface area contributed by atoms with Gasteiger partial charge in [0.15, 0.2) is 0 Å². The molecule has 63 valence electrons. The van der Waals surface area contributed by atoms with E-state index in [4.69, 9.17) is 0 Å². The van der Waals surface area contributed by atoms with Crippen LogP contribution in [0.4, 0.5) is 0 Å². The van der Waals surface area contributed by atoms with Crippen LogP contribution in [0.25, 0.3) is 0 Å². The van der Waals surface area contributed by atoms with E-state index in [1.54, 1.807) is 0 Å². The zero-order valence-corrected chi connectivity index (χ0v) is 7.05. The minimum Gasteiger partial charge on any atom is -0.341 e. The summed E-state index contributed by atoms with van der Waals surface area (Å²) in [6.45, 7) is 5.38. The first-order valence-electron chi connectivity index (χ1n) is 4.25. The van der Waals surface area contributed by atoms with Crippen molar-refractivity contribution in [1.82, 2.24) is 10.2 Å². The molecule has 0 bridgehead atoms. The summed E-state index contributed by atoms with van der Waals surface area (Å²) in [5, 5.41) is 4.24. The summed E-state index contributed by atoms with van der Waals surface area (Å²) in [5.41, 5.74) is 0. The molecule has 1 fully saturated rings. The molecule has 0 aromatic rings. The van der Waals surface area contributed by atoms with Crippen molar-refractivity contribution in [3.05, 3.63) is 0 Å². The van der Waals surface area contributed by atoms with Gasteiger partial charge in [0.2, 0.25) is 5.91 Å². The van der Waals surface area contributed by atoms with E-state index in [1.165, 1.54) is 0 Å². The second-order valence-corrected chi connectivity index (χ2v) is 2.76. The first-order valence-corrected chi connectivity index (χ1v) is 4.25. The quantitative estimate of drug-likeness (QED) is 0.534. The van der Waals surface area contributed by atoms with Crippen LogP contribution in [0.3, 0.4) is 0 Å². The van der Waals surface area contributed by atoms with E-state index in [0.29, 0.717) is 6.42 Å². The first kappa shape index (κ1) is 8.53. The molecule has 11 heavy (non-hydrogen) atoms. The highest BCUT2D eigenvalue weighted by Crippen LogP contribution is 1.98. The van der Waals surface area contributed by atoms with Crippen LogP contribution in [-0.2, 0) is 4.79 Å². The van der Waals surface area contributed by atoms with E-state index in [-0.39, 0.29) is 5.91 Å². The molecular formula is C8H15N2O. The molecule has 1 saturated heterocycles. The normalized spacial score (nSPS) is 19.5. The van der Waals surface area contributed by atoms with Crippen LogP contribution < -0.4 is 5.32 Å². The molecule has 0 spiro atoms. The smallest absolute Gasteiger partial charge is 0.222 e. The lowest BCUT2D eigenvalue weighted by molar-refractivity contribution is -0.130. The summed E-state index contributed by atoms with van der Waals surface area (Å²) in [6.07, 6.45) is 1.66. The van der Waals surface area contributed by atoms with E-state index in [1.807, 2.05) is 11.8 Å². The highest BCUT2D eigenvalue weighted by molar-refractivity contribution is 5.75. The third-order valence-corrected chi connectivity index (χ3v) is 1.93. The standard InChI is InChI=1S/C8H15N2O/c1-2-8(11)10-6-3-4-9-5-7-10/h2-7H2,1H3. The van der Waals surface area contributed by atoms with Crippen molar-refractivity contribution in [2.24, 2.45) is 0 Å². The molecule has 1 heterocycles. The number of carbonyl (C=O) groups is 1. The fourth-order valence-corrected chi connectivity index (χ4v) is 1.26. The second-order valence-electron chi connectivity index (χ2n) is 2.76. The minimum absolute atomic E-state index is 0.266. The SMILES string of the molecule is CCC(=O)N1CCC[N]CC1. The van der Waals surface area contributed by atoms with Crippen molar-refractivity contribution >= 4 is 5.91 Å². The van der Waals surface area contributed by atoms with E-state index < -0.39 is 0 Å². The highest BCUT2D eigenvalue weighted by Gasteiger charge is 2.12. The van der Waals surface area contributed by atoms with Crippen LogP contribution in [0, 0.1) is 0 Å². The van der Waals surface area contributed by atoms with Crippen molar-refractivity contribution in [2.75, 3.05) is 26.2 Å². The zero-order chi connectivity index (χ0) is 8.10. The molecule has 3 heteroatoms. The van der Waals surface area contributed by atoms with Gasteiger partial charge in [0.05, 0.1) is 0 Å². The molecule has 1 amide bonds. The summed E-state index contributed by atoms with van der Waals surface area (Å²) in [5.74, 6) is 0.266. The van der Waals surface area contributed by atoms with Gasteiger partial charge in [-0.25, -0.2) is 5.32 Å². The Hall–Kier alpha value is -0.570. The highest BCUT2D eigenvalue weighted by atomic mass is 16.2. The molecule has 1 aliphatic rings. The van der Waals surface area contributed by atoms with Gasteiger partial charge in [-0.05, 0) is 6.42 Å². The lowest BCUT2D eigenvalue weighted by Gasteiger charge is -2.18. The van der Waals surface area contributed by atoms with Crippen LogP contribution in [0.5, 0.6) is 0 Å². The maximum Gasteiger partial charge on any atom is 0.222 e. The first-order chi connectivity index (χ1) is 5.34. The zero-order valence-electron chi connectivity index (χ0n) is 7.05. The predicted molar refractivity (Wildman–Crippen MR) is 43.4 cm³/mol. The fourth-order valence-electron chi connectivity index (χ4n) is 1.26. The number of hydrogen-bond acceptors (Lipinski definition) is 1. The van der Waals surface area contributed by atoms with Crippen LogP contribution in [-0.4, -0.2) is 37.0 Å². The Balaban J connectivity index is 2.36. The Kier molecular flexibility index (Phi) is 3.36. The molecule has 1 rings (SSSR count). The average Bonchev–Trinajstić information content (AvgIpc) is 2.30. The van der Waals surface area contributed by atoms with E-state index in [9.17, 15) is 4.79 Å². The van der Waals surface area contributed by atoms with Gasteiger partial charge in [-0.1, -0.05) is 6.92 Å². The van der Waals surface area contributed by atoms with Crippen LogP contribution >= 0.6 is 0 Å². The maximum absolute atomic E-state index is 11.2. The van der Waals surface area contributed by atoms with Crippen molar-refractivity contribution < 1.29 is 4.79 Å². The Morgan fingerprint density at radius 3 is 3.00 bits per heavy atom. The van der Waals surface area contributed by atoms with E-state index in [2.05, 4.69) is 5.32 Å². The monoisotopic (exact) mass is 155 g/mol. The van der Waals surface area contributed by atoms with Gasteiger partial charge in [-0.15, -0.1) is 0 Å². The molecule has 1 aliphatic heterocycles. The van der Waals surface area contributed by atoms with Gasteiger partial charge in [0.25, 0.3) is 0 Å². The Labute approximate surface area is 67.8 Å². The fraction of sp³-hybridized carbons (Fsp3) is 0.875. The second kappa shape index (κ2) is 4.34. The summed E-state index contributed by atoms with van der Waals surface area (Å²) in [6, 6.07) is 0. The van der Waals surface area contributed by atoms with Gasteiger partial charge < -0.3 is 4.90 Å². The molecule has 0 unspecified atom stereocenters. The third kappa shape index (κ3) is 2.50. The lowest BCUT2D eigenvalue weighted by Crippen LogP contribution is -2.32. The third-order valence-electron chi connectivity index (χ3n) is 1.93. The number of nitrogens with zero attached hydrogens (tertiary/aromatic N) is 2. The number of carbonyl (C=O) groups excluding carboxylic acids is 1. The largest absolute Gasteiger partial charge is 0.341 e. The molecule has 0 aromatic carbocycles. The van der Waals surface area contributed by atoms with Crippen molar-refractivity contribution in [1.29, 1.82) is 0 Å². The van der Waals surface area contributed by atoms with Gasteiger partial charge >= 0.3 is 0 Å². The summed E-state index contributed by atoms with van der Waals surface area (Å²) >= 11 is 0. The average molecular weight is 155 g/mol. The van der Waals surface area contributed by atoms with Gasteiger partial charge in [-0.3, -0.25) is 4.79 Å². The van der Waals surface area contributed by atoms with Crippen LogP contribution in [0.2, 0.25) is 0 Å². The van der Waals surface area contributed by atoms with Gasteiger partial charge in [-0.2, -0.15) is 0 Å². The minimum atomic E-state index is 0.266. The molecule has 0 N–H and O–H groups in total. The van der Waals surface area contributed by atoms with Gasteiger partial charge in [0.1, 0.15) is 0 Å². The topological polar surface area (TPSA) is 34.4 Å². The van der Waals surface area contributed by atoms with Gasteiger partial charge in [0, 0.05) is 32.6 Å². The predicted octanol–water partition coefficient (Wildman–Crippen LogP) is 0.233. The maximum atomic E-state index is 11.2. The molecule has 0 saturated carbocycles. The number of hydrogen-bond donors (Lipinski definition) is 0. The number of rotatable bonds is 1. The lowest BCUT2D eigenvalue weighted by atomic mass is 10.3. The van der Waals surface area contributed by atoms with Crippen molar-refractivity contribution in [3.8, 4) is 0 Å². The van der Waals surface area contributed by atoms with E-state index >= 15 is 0 Å². The summed E-state index contributed by atoms with van der Waals surface area (Å²) in [7, 11) is 0. The van der Waals surface area contributed by atoms with E-state index in [0.717, 1.165) is 32.6 Å².